The van der Waals surface area contributed by atoms with Gasteiger partial charge in [0.15, 0.2) is 0 Å². The molecule has 94 valence electrons. The van der Waals surface area contributed by atoms with Crippen molar-refractivity contribution in [2.45, 2.75) is 27.7 Å². The van der Waals surface area contributed by atoms with Crippen LogP contribution in [0.25, 0.3) is 0 Å². The standard InChI is InChI=1S/C12H17NO4/c1-6(12(15)16)5-13-11(14)10-7(2)8(3)17-9(10)4/h6H,5H2,1-4H3,(H,13,14)(H,15,16)/t6-/m0/s1. The van der Waals surface area contributed by atoms with Crippen LogP contribution in [0.1, 0.15) is 34.4 Å². The van der Waals surface area contributed by atoms with E-state index in [4.69, 9.17) is 9.52 Å². The van der Waals surface area contributed by atoms with Gasteiger partial charge in [0.1, 0.15) is 11.5 Å². The van der Waals surface area contributed by atoms with Gasteiger partial charge in [0.05, 0.1) is 11.5 Å². The molecule has 2 N–H and O–H groups in total. The highest BCUT2D eigenvalue weighted by atomic mass is 16.4. The SMILES string of the molecule is Cc1oc(C)c(C(=O)NC[C@H](C)C(=O)O)c1C. The van der Waals surface area contributed by atoms with E-state index in [1.54, 1.807) is 27.7 Å². The van der Waals surface area contributed by atoms with Crippen molar-refractivity contribution in [2.24, 2.45) is 5.92 Å². The topological polar surface area (TPSA) is 79.5 Å². The molecule has 1 atom stereocenters. The van der Waals surface area contributed by atoms with Gasteiger partial charge in [0.25, 0.3) is 5.91 Å². The van der Waals surface area contributed by atoms with E-state index in [2.05, 4.69) is 5.32 Å². The van der Waals surface area contributed by atoms with Crippen LogP contribution >= 0.6 is 0 Å². The molecule has 0 aliphatic carbocycles. The van der Waals surface area contributed by atoms with E-state index in [-0.39, 0.29) is 12.5 Å². The Morgan fingerprint density at radius 2 is 1.88 bits per heavy atom. The molecule has 1 amide bonds. The van der Waals surface area contributed by atoms with E-state index in [1.165, 1.54) is 0 Å². The number of nitrogens with one attached hydrogen (secondary N) is 1. The number of aryl methyl sites for hydroxylation is 2. The Labute approximate surface area is 99.8 Å². The van der Waals surface area contributed by atoms with Crippen molar-refractivity contribution in [1.29, 1.82) is 0 Å². The first-order valence-corrected chi connectivity index (χ1v) is 5.42. The van der Waals surface area contributed by atoms with Crippen molar-refractivity contribution >= 4 is 11.9 Å². The molecule has 1 aromatic heterocycles. The first kappa shape index (κ1) is 13.3. The maximum absolute atomic E-state index is 11.9. The lowest BCUT2D eigenvalue weighted by Gasteiger charge is -2.08. The highest BCUT2D eigenvalue weighted by molar-refractivity contribution is 5.97. The molecule has 5 heteroatoms. The van der Waals surface area contributed by atoms with Crippen molar-refractivity contribution in [3.63, 3.8) is 0 Å². The van der Waals surface area contributed by atoms with Gasteiger partial charge < -0.3 is 14.8 Å². The Bertz CT molecular complexity index is 448. The predicted octanol–water partition coefficient (Wildman–Crippen LogP) is 1.66. The van der Waals surface area contributed by atoms with Crippen LogP contribution in [0, 0.1) is 26.7 Å². The number of furan rings is 1. The summed E-state index contributed by atoms with van der Waals surface area (Å²) in [6, 6.07) is 0. The zero-order chi connectivity index (χ0) is 13.2. The predicted molar refractivity (Wildman–Crippen MR) is 62.1 cm³/mol. The Hall–Kier alpha value is -1.78. The van der Waals surface area contributed by atoms with E-state index in [9.17, 15) is 9.59 Å². The summed E-state index contributed by atoms with van der Waals surface area (Å²) in [4.78, 5) is 22.5. The summed E-state index contributed by atoms with van der Waals surface area (Å²) < 4.78 is 5.34. The first-order chi connectivity index (χ1) is 7.84. The molecular weight excluding hydrogens is 222 g/mol. The van der Waals surface area contributed by atoms with Gasteiger partial charge in [-0.05, 0) is 20.8 Å². The molecule has 0 bridgehead atoms. The number of amides is 1. The molecule has 5 nitrogen and oxygen atoms in total. The molecule has 0 aromatic carbocycles. The zero-order valence-electron chi connectivity index (χ0n) is 10.5. The molecule has 0 aliphatic rings. The van der Waals surface area contributed by atoms with Crippen LogP contribution < -0.4 is 5.32 Å². The van der Waals surface area contributed by atoms with E-state index in [0.717, 1.165) is 5.56 Å². The van der Waals surface area contributed by atoms with Crippen LogP contribution in [-0.2, 0) is 4.79 Å². The van der Waals surface area contributed by atoms with Crippen LogP contribution in [0.3, 0.4) is 0 Å². The molecule has 0 unspecified atom stereocenters. The molecule has 0 radical (unpaired) electrons. The average Bonchev–Trinajstić information content (AvgIpc) is 2.49. The molecule has 0 saturated heterocycles. The summed E-state index contributed by atoms with van der Waals surface area (Å²) >= 11 is 0. The molecule has 17 heavy (non-hydrogen) atoms. The molecular formula is C12H17NO4. The van der Waals surface area contributed by atoms with Gasteiger partial charge in [0.2, 0.25) is 0 Å². The van der Waals surface area contributed by atoms with Gasteiger partial charge in [0, 0.05) is 12.1 Å². The number of hydrogen-bond donors (Lipinski definition) is 2. The zero-order valence-corrected chi connectivity index (χ0v) is 10.5. The van der Waals surface area contributed by atoms with Crippen molar-refractivity contribution < 1.29 is 19.1 Å². The van der Waals surface area contributed by atoms with Crippen molar-refractivity contribution in [3.05, 3.63) is 22.6 Å². The minimum absolute atomic E-state index is 0.108. The first-order valence-electron chi connectivity index (χ1n) is 5.42. The summed E-state index contributed by atoms with van der Waals surface area (Å²) in [5.74, 6) is -0.556. The lowest BCUT2D eigenvalue weighted by molar-refractivity contribution is -0.140. The second-order valence-corrected chi connectivity index (χ2v) is 4.16. The smallest absolute Gasteiger partial charge is 0.308 e. The summed E-state index contributed by atoms with van der Waals surface area (Å²) in [7, 11) is 0. The Balaban J connectivity index is 2.74. The second-order valence-electron chi connectivity index (χ2n) is 4.16. The Kier molecular flexibility index (Phi) is 3.93. The van der Waals surface area contributed by atoms with Crippen LogP contribution in [0.15, 0.2) is 4.42 Å². The highest BCUT2D eigenvalue weighted by Crippen LogP contribution is 2.20. The summed E-state index contributed by atoms with van der Waals surface area (Å²) in [5, 5.41) is 11.3. The average molecular weight is 239 g/mol. The fourth-order valence-electron chi connectivity index (χ4n) is 1.55. The monoisotopic (exact) mass is 239 g/mol. The maximum atomic E-state index is 11.9. The van der Waals surface area contributed by atoms with Crippen LogP contribution in [0.4, 0.5) is 0 Å². The molecule has 1 heterocycles. The van der Waals surface area contributed by atoms with Gasteiger partial charge in [-0.15, -0.1) is 0 Å². The van der Waals surface area contributed by atoms with Crippen LogP contribution in [0.5, 0.6) is 0 Å². The third-order valence-electron chi connectivity index (χ3n) is 2.78. The highest BCUT2D eigenvalue weighted by Gasteiger charge is 2.19. The molecule has 1 aromatic rings. The largest absolute Gasteiger partial charge is 0.481 e. The van der Waals surface area contributed by atoms with Crippen LogP contribution in [0.2, 0.25) is 0 Å². The fourth-order valence-corrected chi connectivity index (χ4v) is 1.55. The normalized spacial score (nSPS) is 12.2. The minimum atomic E-state index is -0.929. The van der Waals surface area contributed by atoms with E-state index >= 15 is 0 Å². The van der Waals surface area contributed by atoms with Gasteiger partial charge >= 0.3 is 5.97 Å². The summed E-state index contributed by atoms with van der Waals surface area (Å²) in [6.45, 7) is 6.97. The number of carbonyl (C=O) groups excluding carboxylic acids is 1. The molecule has 1 rings (SSSR count). The van der Waals surface area contributed by atoms with Crippen LogP contribution in [-0.4, -0.2) is 23.5 Å². The molecule has 0 fully saturated rings. The summed E-state index contributed by atoms with van der Waals surface area (Å²) in [6.07, 6.45) is 0. The third kappa shape index (κ3) is 2.87. The molecule has 0 saturated carbocycles. The van der Waals surface area contributed by atoms with Crippen molar-refractivity contribution in [1.82, 2.24) is 5.32 Å². The van der Waals surface area contributed by atoms with E-state index in [1.807, 2.05) is 0 Å². The van der Waals surface area contributed by atoms with Crippen molar-refractivity contribution in [2.75, 3.05) is 6.54 Å². The third-order valence-corrected chi connectivity index (χ3v) is 2.78. The molecule has 0 aliphatic heterocycles. The van der Waals surface area contributed by atoms with Gasteiger partial charge in [-0.3, -0.25) is 9.59 Å². The van der Waals surface area contributed by atoms with Gasteiger partial charge in [-0.2, -0.15) is 0 Å². The van der Waals surface area contributed by atoms with Crippen molar-refractivity contribution in [3.8, 4) is 0 Å². The number of carbonyl (C=O) groups is 2. The number of carboxylic acids is 1. The maximum Gasteiger partial charge on any atom is 0.308 e. The fraction of sp³-hybridized carbons (Fsp3) is 0.500. The number of aliphatic carboxylic acids is 1. The van der Waals surface area contributed by atoms with Gasteiger partial charge in [-0.25, -0.2) is 0 Å². The molecule has 0 spiro atoms. The lowest BCUT2D eigenvalue weighted by atomic mass is 10.1. The summed E-state index contributed by atoms with van der Waals surface area (Å²) in [5.41, 5.74) is 1.29. The second kappa shape index (κ2) is 5.03. The number of rotatable bonds is 4. The Morgan fingerprint density at radius 3 is 2.29 bits per heavy atom. The quantitative estimate of drug-likeness (QED) is 0.837. The van der Waals surface area contributed by atoms with Gasteiger partial charge in [-0.1, -0.05) is 6.92 Å². The minimum Gasteiger partial charge on any atom is -0.481 e. The number of carboxylic acid groups (broad SMARTS) is 1. The lowest BCUT2D eigenvalue weighted by Crippen LogP contribution is -2.31. The van der Waals surface area contributed by atoms with E-state index < -0.39 is 11.9 Å². The Morgan fingerprint density at radius 1 is 1.29 bits per heavy atom. The number of hydrogen-bond acceptors (Lipinski definition) is 3. The van der Waals surface area contributed by atoms with E-state index in [0.29, 0.717) is 17.1 Å².